The molecular formula is C16H25N5O2S. The van der Waals surface area contributed by atoms with Crippen molar-refractivity contribution in [3.63, 3.8) is 0 Å². The quantitative estimate of drug-likeness (QED) is 0.693. The molecule has 0 spiro atoms. The summed E-state index contributed by atoms with van der Waals surface area (Å²) in [7, 11) is -1.22. The molecular weight excluding hydrogens is 326 g/mol. The van der Waals surface area contributed by atoms with Crippen LogP contribution in [0.2, 0.25) is 0 Å². The Morgan fingerprint density at radius 2 is 2.00 bits per heavy atom. The Morgan fingerprint density at radius 3 is 2.62 bits per heavy atom. The van der Waals surface area contributed by atoms with Gasteiger partial charge in [0.2, 0.25) is 10.0 Å². The van der Waals surface area contributed by atoms with Crippen molar-refractivity contribution >= 4 is 21.7 Å². The lowest BCUT2D eigenvalue weighted by molar-refractivity contribution is 0.383. The fraction of sp³-hybridized carbons (Fsp3) is 0.500. The first-order valence-corrected chi connectivity index (χ1v) is 9.65. The Kier molecular flexibility index (Phi) is 6.33. The Hall–Kier alpha value is -1.93. The summed E-state index contributed by atoms with van der Waals surface area (Å²) in [5.41, 5.74) is 0. The standard InChI is InChI=1S/C16H25N5O2S/c1-4-6-7-19(3)15-13-16(18-14-17-15)20-8-10-21(11-9-20)24(22,23)12-5-2/h4,6-7,13-14H,1,5,8-12H2,2-3H3/b7-6-. The van der Waals surface area contributed by atoms with Gasteiger partial charge in [-0.3, -0.25) is 0 Å². The molecule has 1 aliphatic rings. The van der Waals surface area contributed by atoms with Gasteiger partial charge in [-0.2, -0.15) is 4.31 Å². The van der Waals surface area contributed by atoms with Crippen molar-refractivity contribution in [1.82, 2.24) is 14.3 Å². The van der Waals surface area contributed by atoms with Crippen molar-refractivity contribution in [3.8, 4) is 0 Å². The molecule has 8 heteroatoms. The summed E-state index contributed by atoms with van der Waals surface area (Å²) in [6, 6.07) is 1.91. The molecule has 2 heterocycles. The molecule has 0 bridgehead atoms. The molecule has 1 fully saturated rings. The van der Waals surface area contributed by atoms with Crippen LogP contribution < -0.4 is 9.80 Å². The fourth-order valence-electron chi connectivity index (χ4n) is 2.55. The highest BCUT2D eigenvalue weighted by Crippen LogP contribution is 2.19. The van der Waals surface area contributed by atoms with Gasteiger partial charge in [-0.15, -0.1) is 0 Å². The average molecular weight is 351 g/mol. The number of allylic oxidation sites excluding steroid dienone is 2. The van der Waals surface area contributed by atoms with Gasteiger partial charge < -0.3 is 9.80 Å². The number of rotatable bonds is 7. The first-order chi connectivity index (χ1) is 11.5. The zero-order chi connectivity index (χ0) is 17.6. The van der Waals surface area contributed by atoms with E-state index in [1.54, 1.807) is 10.4 Å². The predicted octanol–water partition coefficient (Wildman–Crippen LogP) is 1.47. The van der Waals surface area contributed by atoms with E-state index in [0.717, 1.165) is 11.6 Å². The fourth-order valence-corrected chi connectivity index (χ4v) is 4.05. The van der Waals surface area contributed by atoms with Crippen molar-refractivity contribution in [1.29, 1.82) is 0 Å². The van der Waals surface area contributed by atoms with Crippen LogP contribution in [0.5, 0.6) is 0 Å². The van der Waals surface area contributed by atoms with E-state index in [0.29, 0.717) is 32.6 Å². The van der Waals surface area contributed by atoms with E-state index >= 15 is 0 Å². The van der Waals surface area contributed by atoms with Crippen LogP contribution >= 0.6 is 0 Å². The van der Waals surface area contributed by atoms with Crippen LogP contribution in [0.3, 0.4) is 0 Å². The number of hydrogen-bond acceptors (Lipinski definition) is 6. The molecule has 7 nitrogen and oxygen atoms in total. The van der Waals surface area contributed by atoms with Crippen molar-refractivity contribution in [3.05, 3.63) is 37.3 Å². The summed E-state index contributed by atoms with van der Waals surface area (Å²) in [6.45, 7) is 7.78. The maximum atomic E-state index is 12.1. The first kappa shape index (κ1) is 18.4. The van der Waals surface area contributed by atoms with Crippen LogP contribution in [-0.2, 0) is 10.0 Å². The third-order valence-corrected chi connectivity index (χ3v) is 5.94. The predicted molar refractivity (Wildman–Crippen MR) is 97.6 cm³/mol. The van der Waals surface area contributed by atoms with E-state index in [1.807, 2.05) is 37.2 Å². The van der Waals surface area contributed by atoms with Crippen molar-refractivity contribution in [2.75, 3.05) is 48.8 Å². The highest BCUT2D eigenvalue weighted by atomic mass is 32.2. The molecule has 1 aromatic heterocycles. The highest BCUT2D eigenvalue weighted by Gasteiger charge is 2.26. The molecule has 0 unspecified atom stereocenters. The maximum Gasteiger partial charge on any atom is 0.214 e. The maximum absolute atomic E-state index is 12.1. The van der Waals surface area contributed by atoms with Crippen LogP contribution in [0.1, 0.15) is 13.3 Å². The molecule has 0 atom stereocenters. The molecule has 0 amide bonds. The normalized spacial score (nSPS) is 16.5. The monoisotopic (exact) mass is 351 g/mol. The second kappa shape index (κ2) is 8.25. The number of hydrogen-bond donors (Lipinski definition) is 0. The summed E-state index contributed by atoms with van der Waals surface area (Å²) >= 11 is 0. The van der Waals surface area contributed by atoms with Crippen LogP contribution in [0, 0.1) is 0 Å². The summed E-state index contributed by atoms with van der Waals surface area (Å²) in [6.07, 6.45) is 7.58. The SMILES string of the molecule is C=C/C=C\N(C)c1cc(N2CCN(S(=O)(=O)CCC)CC2)ncn1. The van der Waals surface area contributed by atoms with E-state index in [2.05, 4.69) is 21.4 Å². The van der Waals surface area contributed by atoms with Gasteiger partial charge in [-0.25, -0.2) is 18.4 Å². The van der Waals surface area contributed by atoms with E-state index in [9.17, 15) is 8.42 Å². The molecule has 24 heavy (non-hydrogen) atoms. The lowest BCUT2D eigenvalue weighted by Gasteiger charge is -2.34. The largest absolute Gasteiger partial charge is 0.354 e. The van der Waals surface area contributed by atoms with Crippen LogP contribution in [0.4, 0.5) is 11.6 Å². The molecule has 0 radical (unpaired) electrons. The molecule has 2 rings (SSSR count). The lowest BCUT2D eigenvalue weighted by atomic mass is 10.3. The molecule has 0 N–H and O–H groups in total. The molecule has 0 aromatic carbocycles. The Labute approximate surface area is 144 Å². The molecule has 132 valence electrons. The Balaban J connectivity index is 2.04. The number of nitrogens with zero attached hydrogens (tertiary/aromatic N) is 5. The van der Waals surface area contributed by atoms with Gasteiger partial charge in [0.1, 0.15) is 18.0 Å². The summed E-state index contributed by atoms with van der Waals surface area (Å²) in [5, 5.41) is 0. The third kappa shape index (κ3) is 4.55. The van der Waals surface area contributed by atoms with E-state index < -0.39 is 10.0 Å². The second-order valence-corrected chi connectivity index (χ2v) is 7.71. The van der Waals surface area contributed by atoms with E-state index in [4.69, 9.17) is 0 Å². The summed E-state index contributed by atoms with van der Waals surface area (Å²) in [4.78, 5) is 12.6. The smallest absolute Gasteiger partial charge is 0.214 e. The topological polar surface area (TPSA) is 69.6 Å². The van der Waals surface area contributed by atoms with Crippen LogP contribution in [-0.4, -0.2) is 61.7 Å². The third-order valence-electron chi connectivity index (χ3n) is 3.86. The van der Waals surface area contributed by atoms with Gasteiger partial charge in [-0.1, -0.05) is 19.6 Å². The molecule has 1 aliphatic heterocycles. The van der Waals surface area contributed by atoms with Crippen molar-refractivity contribution in [2.45, 2.75) is 13.3 Å². The zero-order valence-corrected chi connectivity index (χ0v) is 15.1. The van der Waals surface area contributed by atoms with Gasteiger partial charge in [0.15, 0.2) is 0 Å². The number of aromatic nitrogens is 2. The Bertz CT molecular complexity index is 681. The number of sulfonamides is 1. The van der Waals surface area contributed by atoms with Gasteiger partial charge in [-0.05, 0) is 12.5 Å². The van der Waals surface area contributed by atoms with Crippen molar-refractivity contribution < 1.29 is 8.42 Å². The van der Waals surface area contributed by atoms with Gasteiger partial charge in [0.25, 0.3) is 0 Å². The van der Waals surface area contributed by atoms with Gasteiger partial charge >= 0.3 is 0 Å². The molecule has 1 aromatic rings. The zero-order valence-electron chi connectivity index (χ0n) is 14.3. The molecule has 0 saturated carbocycles. The summed E-state index contributed by atoms with van der Waals surface area (Å²) < 4.78 is 25.8. The van der Waals surface area contributed by atoms with Crippen LogP contribution in [0.15, 0.2) is 37.3 Å². The van der Waals surface area contributed by atoms with Crippen LogP contribution in [0.25, 0.3) is 0 Å². The van der Waals surface area contributed by atoms with Gasteiger partial charge in [0, 0.05) is 45.5 Å². The lowest BCUT2D eigenvalue weighted by Crippen LogP contribution is -2.49. The number of anilines is 2. The van der Waals surface area contributed by atoms with E-state index in [-0.39, 0.29) is 5.75 Å². The Morgan fingerprint density at radius 1 is 1.29 bits per heavy atom. The average Bonchev–Trinajstić information content (AvgIpc) is 2.60. The second-order valence-electron chi connectivity index (χ2n) is 5.62. The number of piperazine rings is 1. The summed E-state index contributed by atoms with van der Waals surface area (Å²) in [5.74, 6) is 1.80. The minimum absolute atomic E-state index is 0.213. The van der Waals surface area contributed by atoms with Gasteiger partial charge in [0.05, 0.1) is 5.75 Å². The molecule has 0 aliphatic carbocycles. The van der Waals surface area contributed by atoms with Crippen molar-refractivity contribution in [2.24, 2.45) is 0 Å². The first-order valence-electron chi connectivity index (χ1n) is 8.05. The molecule has 1 saturated heterocycles. The van der Waals surface area contributed by atoms with E-state index in [1.165, 1.54) is 6.33 Å². The highest BCUT2D eigenvalue weighted by molar-refractivity contribution is 7.89. The minimum atomic E-state index is -3.12. The minimum Gasteiger partial charge on any atom is -0.354 e.